The molecule has 1 fully saturated rings. The molecule has 3 aromatic rings. The van der Waals surface area contributed by atoms with Gasteiger partial charge in [-0.25, -0.2) is 4.79 Å². The minimum atomic E-state index is -0.243. The van der Waals surface area contributed by atoms with Gasteiger partial charge in [0.1, 0.15) is 0 Å². The molecule has 1 saturated carbocycles. The van der Waals surface area contributed by atoms with Crippen LogP contribution >= 0.6 is 15.9 Å². The van der Waals surface area contributed by atoms with Crippen molar-refractivity contribution in [2.45, 2.75) is 31.8 Å². The van der Waals surface area contributed by atoms with E-state index in [-0.39, 0.29) is 12.1 Å². The fourth-order valence-corrected chi connectivity index (χ4v) is 3.93. The molecule has 0 aromatic heterocycles. The minimum absolute atomic E-state index is 0.0680. The predicted molar refractivity (Wildman–Crippen MR) is 108 cm³/mol. The number of rotatable bonds is 5. The first-order valence-corrected chi connectivity index (χ1v) is 9.85. The Balaban J connectivity index is 1.34. The predicted octanol–water partition coefficient (Wildman–Crippen LogP) is 6.34. The van der Waals surface area contributed by atoms with Crippen molar-refractivity contribution in [1.82, 2.24) is 0 Å². The van der Waals surface area contributed by atoms with Gasteiger partial charge >= 0.3 is 5.97 Å². The molecule has 4 rings (SSSR count). The molecule has 132 valence electrons. The number of benzene rings is 3. The molecule has 0 amide bonds. The largest absolute Gasteiger partial charge is 0.459 e. The summed E-state index contributed by atoms with van der Waals surface area (Å²) in [5.41, 5.74) is 2.00. The van der Waals surface area contributed by atoms with Crippen LogP contribution in [-0.2, 0) is 4.74 Å². The number of carbonyl (C=O) groups excluding carboxylic acids is 1. The van der Waals surface area contributed by atoms with Gasteiger partial charge < -0.3 is 4.74 Å². The number of fused-ring (bicyclic) bond motifs is 1. The van der Waals surface area contributed by atoms with Crippen LogP contribution in [0.25, 0.3) is 10.8 Å². The molecule has 3 heteroatoms. The zero-order chi connectivity index (χ0) is 18.1. The molecule has 3 atom stereocenters. The second kappa shape index (κ2) is 7.24. The Kier molecular flexibility index (Phi) is 4.82. The molecule has 0 saturated heterocycles. The monoisotopic (exact) mass is 408 g/mol. The molecule has 0 spiro atoms. The summed E-state index contributed by atoms with van der Waals surface area (Å²) in [6.45, 7) is 1.99. The van der Waals surface area contributed by atoms with E-state index in [4.69, 9.17) is 4.74 Å². The molecular formula is C23H21BrO2. The van der Waals surface area contributed by atoms with Crippen LogP contribution in [0, 0.1) is 5.92 Å². The van der Waals surface area contributed by atoms with Crippen LogP contribution in [0.5, 0.6) is 0 Å². The van der Waals surface area contributed by atoms with Crippen LogP contribution in [0.1, 0.15) is 41.6 Å². The van der Waals surface area contributed by atoms with E-state index >= 15 is 0 Å². The lowest BCUT2D eigenvalue weighted by atomic mass is 10.0. The highest BCUT2D eigenvalue weighted by atomic mass is 79.9. The van der Waals surface area contributed by atoms with Gasteiger partial charge in [-0.05, 0) is 72.2 Å². The summed E-state index contributed by atoms with van der Waals surface area (Å²) in [6.07, 6.45) is 2.03. The average molecular weight is 409 g/mol. The molecule has 26 heavy (non-hydrogen) atoms. The molecule has 0 bridgehead atoms. The molecule has 0 unspecified atom stereocenters. The Morgan fingerprint density at radius 1 is 1.08 bits per heavy atom. The van der Waals surface area contributed by atoms with Gasteiger partial charge in [-0.1, -0.05) is 58.4 Å². The number of hydrogen-bond acceptors (Lipinski definition) is 2. The van der Waals surface area contributed by atoms with E-state index in [1.165, 1.54) is 22.8 Å². The number of hydrogen-bond donors (Lipinski definition) is 0. The molecule has 0 aliphatic heterocycles. The molecule has 0 N–H and O–H groups in total. The zero-order valence-electron chi connectivity index (χ0n) is 14.7. The molecule has 3 aromatic carbocycles. The highest BCUT2D eigenvalue weighted by Gasteiger charge is 2.39. The van der Waals surface area contributed by atoms with Gasteiger partial charge in [-0.3, -0.25) is 0 Å². The second-order valence-corrected chi connectivity index (χ2v) is 8.08. The SMILES string of the molecule is C[C@@H](C[C@H]1C[C@H]1c1ccc2ccccc2c1)OC(=O)c1ccc(Br)cc1. The van der Waals surface area contributed by atoms with Gasteiger partial charge in [0.25, 0.3) is 0 Å². The lowest BCUT2D eigenvalue weighted by molar-refractivity contribution is 0.0312. The Bertz CT molecular complexity index is 932. The van der Waals surface area contributed by atoms with Crippen LogP contribution in [0.4, 0.5) is 0 Å². The Morgan fingerprint density at radius 3 is 2.58 bits per heavy atom. The third-order valence-electron chi connectivity index (χ3n) is 5.15. The van der Waals surface area contributed by atoms with Crippen molar-refractivity contribution >= 4 is 32.7 Å². The van der Waals surface area contributed by atoms with Gasteiger partial charge in [0, 0.05) is 4.47 Å². The first kappa shape index (κ1) is 17.3. The number of halogens is 1. The van der Waals surface area contributed by atoms with Crippen LogP contribution in [0.3, 0.4) is 0 Å². The molecule has 1 aliphatic carbocycles. The third kappa shape index (κ3) is 3.83. The van der Waals surface area contributed by atoms with Crippen molar-refractivity contribution < 1.29 is 9.53 Å². The summed E-state index contributed by atoms with van der Waals surface area (Å²) >= 11 is 3.38. The third-order valence-corrected chi connectivity index (χ3v) is 5.68. The lowest BCUT2D eigenvalue weighted by Gasteiger charge is -2.13. The summed E-state index contributed by atoms with van der Waals surface area (Å²) < 4.78 is 6.58. The first-order valence-electron chi connectivity index (χ1n) is 9.05. The highest BCUT2D eigenvalue weighted by molar-refractivity contribution is 9.10. The van der Waals surface area contributed by atoms with Crippen molar-refractivity contribution in [3.63, 3.8) is 0 Å². The van der Waals surface area contributed by atoms with E-state index in [0.717, 1.165) is 10.9 Å². The molecule has 1 aliphatic rings. The van der Waals surface area contributed by atoms with Crippen molar-refractivity contribution in [2.24, 2.45) is 5.92 Å². The smallest absolute Gasteiger partial charge is 0.338 e. The van der Waals surface area contributed by atoms with Gasteiger partial charge in [0.15, 0.2) is 0 Å². The standard InChI is InChI=1S/C23H21BrO2/c1-15(26-23(25)17-8-10-21(24)11-9-17)12-20-14-22(20)19-7-6-16-4-2-3-5-18(16)13-19/h2-11,13,15,20,22H,12,14H2,1H3/t15-,20-,22-/m0/s1. The topological polar surface area (TPSA) is 26.3 Å². The van der Waals surface area contributed by atoms with Gasteiger partial charge in [0.2, 0.25) is 0 Å². The van der Waals surface area contributed by atoms with Gasteiger partial charge in [-0.15, -0.1) is 0 Å². The molecule has 0 radical (unpaired) electrons. The van der Waals surface area contributed by atoms with Gasteiger partial charge in [0.05, 0.1) is 11.7 Å². The number of esters is 1. The lowest BCUT2D eigenvalue weighted by Crippen LogP contribution is -2.15. The molecular weight excluding hydrogens is 388 g/mol. The maximum Gasteiger partial charge on any atom is 0.338 e. The summed E-state index contributed by atoms with van der Waals surface area (Å²) in [7, 11) is 0. The van der Waals surface area contributed by atoms with E-state index < -0.39 is 0 Å². The Hall–Kier alpha value is -2.13. The number of carbonyl (C=O) groups is 1. The second-order valence-electron chi connectivity index (χ2n) is 7.17. The van der Waals surface area contributed by atoms with E-state index in [1.807, 2.05) is 19.1 Å². The van der Waals surface area contributed by atoms with Crippen LogP contribution in [-0.4, -0.2) is 12.1 Å². The fourth-order valence-electron chi connectivity index (χ4n) is 3.67. The van der Waals surface area contributed by atoms with Crippen LogP contribution in [0.2, 0.25) is 0 Å². The van der Waals surface area contributed by atoms with Crippen LogP contribution < -0.4 is 0 Å². The van der Waals surface area contributed by atoms with Gasteiger partial charge in [-0.2, -0.15) is 0 Å². The molecule has 2 nitrogen and oxygen atoms in total. The summed E-state index contributed by atoms with van der Waals surface area (Å²) in [5.74, 6) is 0.949. The van der Waals surface area contributed by atoms with Crippen molar-refractivity contribution in [3.8, 4) is 0 Å². The van der Waals surface area contributed by atoms with E-state index in [1.54, 1.807) is 12.1 Å². The first-order chi connectivity index (χ1) is 12.6. The van der Waals surface area contributed by atoms with E-state index in [9.17, 15) is 4.79 Å². The van der Waals surface area contributed by atoms with E-state index in [2.05, 4.69) is 58.4 Å². The van der Waals surface area contributed by atoms with E-state index in [0.29, 0.717) is 17.4 Å². The maximum atomic E-state index is 12.2. The summed E-state index contributed by atoms with van der Waals surface area (Å²) in [4.78, 5) is 12.2. The quantitative estimate of drug-likeness (QED) is 0.460. The minimum Gasteiger partial charge on any atom is -0.459 e. The summed E-state index contributed by atoms with van der Waals surface area (Å²) in [5, 5.41) is 2.58. The fraction of sp³-hybridized carbons (Fsp3) is 0.261. The zero-order valence-corrected chi connectivity index (χ0v) is 16.3. The highest BCUT2D eigenvalue weighted by Crippen LogP contribution is 2.50. The van der Waals surface area contributed by atoms with Crippen molar-refractivity contribution in [3.05, 3.63) is 82.3 Å². The molecule has 0 heterocycles. The maximum absolute atomic E-state index is 12.2. The Morgan fingerprint density at radius 2 is 1.81 bits per heavy atom. The normalized spacial score (nSPS) is 19.9. The average Bonchev–Trinajstić information content (AvgIpc) is 3.40. The van der Waals surface area contributed by atoms with Crippen molar-refractivity contribution in [1.29, 1.82) is 0 Å². The number of ether oxygens (including phenoxy) is 1. The van der Waals surface area contributed by atoms with Crippen LogP contribution in [0.15, 0.2) is 71.2 Å². The van der Waals surface area contributed by atoms with Crippen molar-refractivity contribution in [2.75, 3.05) is 0 Å². The Labute approximate surface area is 162 Å². The summed E-state index contributed by atoms with van der Waals surface area (Å²) in [6, 6.07) is 22.5.